The van der Waals surface area contributed by atoms with Crippen LogP contribution in [0.1, 0.15) is 43.4 Å². The van der Waals surface area contributed by atoms with E-state index in [-0.39, 0.29) is 39.5 Å². The Morgan fingerprint density at radius 1 is 0.800 bits per heavy atom. The fraction of sp³-hybridized carbons (Fsp3) is 0.174. The highest BCUT2D eigenvalue weighted by Gasteiger charge is 2.21. The zero-order valence-electron chi connectivity index (χ0n) is 33.4. The van der Waals surface area contributed by atoms with Gasteiger partial charge in [0, 0.05) is 55.5 Å². The lowest BCUT2D eigenvalue weighted by Crippen LogP contribution is -2.25. The average molecular weight is 804 g/mol. The second-order valence-electron chi connectivity index (χ2n) is 14.3. The van der Waals surface area contributed by atoms with Gasteiger partial charge in [-0.2, -0.15) is 10.1 Å². The van der Waals surface area contributed by atoms with E-state index in [0.717, 1.165) is 46.6 Å². The third-order valence-corrected chi connectivity index (χ3v) is 10.1. The van der Waals surface area contributed by atoms with E-state index in [0.29, 0.717) is 35.9 Å². The van der Waals surface area contributed by atoms with Gasteiger partial charge in [-0.1, -0.05) is 47.6 Å². The molecular formula is C46H41N7O7. The Bertz CT molecular complexity index is 2920. The van der Waals surface area contributed by atoms with Crippen molar-refractivity contribution in [2.45, 2.75) is 26.4 Å². The van der Waals surface area contributed by atoms with Crippen LogP contribution in [-0.4, -0.2) is 57.4 Å². The van der Waals surface area contributed by atoms with Crippen molar-refractivity contribution in [3.05, 3.63) is 159 Å². The zero-order valence-corrected chi connectivity index (χ0v) is 33.4. The molecule has 8 rings (SSSR count). The summed E-state index contributed by atoms with van der Waals surface area (Å²) in [7, 11) is 4.84. The monoisotopic (exact) mass is 803 g/mol. The molecule has 0 saturated carbocycles. The van der Waals surface area contributed by atoms with Crippen molar-refractivity contribution in [2.75, 3.05) is 31.4 Å². The number of ether oxygens (including phenoxy) is 2. The van der Waals surface area contributed by atoms with Crippen LogP contribution in [0.5, 0.6) is 11.5 Å². The molecule has 0 radical (unpaired) electrons. The molecule has 5 aromatic carbocycles. The highest BCUT2D eigenvalue weighted by atomic mass is 16.5. The Morgan fingerprint density at radius 3 is 2.32 bits per heavy atom. The lowest BCUT2D eigenvalue weighted by Gasteiger charge is -2.23. The van der Waals surface area contributed by atoms with Gasteiger partial charge in [0.25, 0.3) is 17.7 Å². The van der Waals surface area contributed by atoms with Crippen molar-refractivity contribution < 1.29 is 28.0 Å². The highest BCUT2D eigenvalue weighted by molar-refractivity contribution is 6.12. The standard InChI is InChI=1S/C46H41N7O7/c1-28-48-46(60-51-28)32-9-7-8-30(20-32)26-53(27-31-14-17-38-33(21-31)25-47-52(38)2)19-18-29-12-15-34(16-13-29)49-44(55)36-22-41(57-3)42(58-4)23-37(36)50-45(56)43-24-39(54)35-10-5-6-11-40(35)59-43/h5-17,20-25H,18-19,26-27H2,1-4H3,(H,49,55)(H,50,56). The SMILES string of the molecule is COc1cc(NC(=O)c2cc(=O)c3ccccc3o2)c(C(=O)Nc2ccc(CCN(Cc3cccc(-c4nc(C)no4)c3)Cc3ccc4c(cnn4C)c3)cc2)cc1OC. The maximum absolute atomic E-state index is 13.8. The summed E-state index contributed by atoms with van der Waals surface area (Å²) < 4.78 is 24.0. The van der Waals surface area contributed by atoms with E-state index in [1.807, 2.05) is 54.3 Å². The van der Waals surface area contributed by atoms with Crippen LogP contribution in [0.25, 0.3) is 33.3 Å². The first-order valence-corrected chi connectivity index (χ1v) is 19.2. The van der Waals surface area contributed by atoms with Crippen molar-refractivity contribution in [3.63, 3.8) is 0 Å². The lowest BCUT2D eigenvalue weighted by atomic mass is 10.1. The van der Waals surface area contributed by atoms with Gasteiger partial charge in [0.05, 0.1) is 42.6 Å². The van der Waals surface area contributed by atoms with Gasteiger partial charge in [-0.3, -0.25) is 24.0 Å². The first-order valence-electron chi connectivity index (χ1n) is 19.2. The van der Waals surface area contributed by atoms with Crippen LogP contribution < -0.4 is 25.5 Å². The summed E-state index contributed by atoms with van der Waals surface area (Å²) in [6, 6.07) is 32.9. The molecule has 0 aliphatic carbocycles. The first kappa shape index (κ1) is 39.3. The molecule has 0 unspecified atom stereocenters. The number of hydrogen-bond donors (Lipinski definition) is 2. The number of methoxy groups -OCH3 is 2. The van der Waals surface area contributed by atoms with E-state index in [2.05, 4.69) is 61.1 Å². The first-order chi connectivity index (χ1) is 29.1. The number of anilines is 2. The number of rotatable bonds is 14. The number of nitrogens with zero attached hydrogens (tertiary/aromatic N) is 5. The van der Waals surface area contributed by atoms with E-state index < -0.39 is 11.8 Å². The van der Waals surface area contributed by atoms with Crippen LogP contribution in [0.15, 0.2) is 129 Å². The molecule has 0 bridgehead atoms. The van der Waals surface area contributed by atoms with E-state index in [1.165, 1.54) is 31.9 Å². The van der Waals surface area contributed by atoms with Crippen LogP contribution in [0, 0.1) is 6.92 Å². The Kier molecular flexibility index (Phi) is 11.2. The van der Waals surface area contributed by atoms with Crippen molar-refractivity contribution in [3.8, 4) is 23.0 Å². The average Bonchev–Trinajstić information content (AvgIpc) is 3.87. The molecule has 60 heavy (non-hydrogen) atoms. The van der Waals surface area contributed by atoms with Crippen LogP contribution in [0.2, 0.25) is 0 Å². The third kappa shape index (κ3) is 8.63. The number of hydrogen-bond acceptors (Lipinski definition) is 11. The molecule has 3 aromatic heterocycles. The summed E-state index contributed by atoms with van der Waals surface area (Å²) in [4.78, 5) is 46.8. The lowest BCUT2D eigenvalue weighted by molar-refractivity contribution is 0.0997. The third-order valence-electron chi connectivity index (χ3n) is 10.1. The summed E-state index contributed by atoms with van der Waals surface area (Å²) in [6.45, 7) is 3.93. The van der Waals surface area contributed by atoms with Gasteiger partial charge in [0.15, 0.2) is 28.5 Å². The predicted octanol–water partition coefficient (Wildman–Crippen LogP) is 7.80. The number of para-hydroxylation sites is 1. The van der Waals surface area contributed by atoms with Crippen LogP contribution in [0.4, 0.5) is 11.4 Å². The highest BCUT2D eigenvalue weighted by Crippen LogP contribution is 2.34. The minimum Gasteiger partial charge on any atom is -0.493 e. The summed E-state index contributed by atoms with van der Waals surface area (Å²) in [5.41, 5.74) is 5.97. The molecule has 0 aliphatic rings. The molecule has 14 heteroatoms. The summed E-state index contributed by atoms with van der Waals surface area (Å²) in [5, 5.41) is 15.4. The molecule has 2 amide bonds. The van der Waals surface area contributed by atoms with Gasteiger partial charge in [-0.15, -0.1) is 0 Å². The normalized spacial score (nSPS) is 11.3. The Hall–Kier alpha value is -7.58. The largest absolute Gasteiger partial charge is 0.493 e. The Labute approximate surface area is 344 Å². The number of carbonyl (C=O) groups excluding carboxylic acids is 2. The predicted molar refractivity (Wildman–Crippen MR) is 227 cm³/mol. The Morgan fingerprint density at radius 2 is 1.55 bits per heavy atom. The van der Waals surface area contributed by atoms with Gasteiger partial charge in [0.2, 0.25) is 0 Å². The molecule has 8 aromatic rings. The molecule has 3 heterocycles. The second kappa shape index (κ2) is 17.1. The summed E-state index contributed by atoms with van der Waals surface area (Å²) in [5.74, 6) is 0.203. The number of aryl methyl sites for hydroxylation is 2. The van der Waals surface area contributed by atoms with E-state index in [9.17, 15) is 14.4 Å². The quantitative estimate of drug-likeness (QED) is 0.110. The fourth-order valence-electron chi connectivity index (χ4n) is 7.07. The van der Waals surface area contributed by atoms with Gasteiger partial charge in [0.1, 0.15) is 5.58 Å². The molecule has 14 nitrogen and oxygen atoms in total. The number of benzene rings is 5. The van der Waals surface area contributed by atoms with E-state index in [1.54, 1.807) is 31.2 Å². The summed E-state index contributed by atoms with van der Waals surface area (Å²) >= 11 is 0. The molecule has 0 atom stereocenters. The molecule has 0 spiro atoms. The summed E-state index contributed by atoms with van der Waals surface area (Å²) in [6.07, 6.45) is 2.62. The molecule has 0 saturated heterocycles. The fourth-order valence-corrected chi connectivity index (χ4v) is 7.07. The van der Waals surface area contributed by atoms with Gasteiger partial charge >= 0.3 is 0 Å². The number of carbonyl (C=O) groups is 2. The second-order valence-corrected chi connectivity index (χ2v) is 14.3. The maximum atomic E-state index is 13.8. The Balaban J connectivity index is 0.984. The minimum absolute atomic E-state index is 0.103. The van der Waals surface area contributed by atoms with Crippen molar-refractivity contribution in [1.29, 1.82) is 0 Å². The zero-order chi connectivity index (χ0) is 41.8. The van der Waals surface area contributed by atoms with Crippen molar-refractivity contribution in [2.24, 2.45) is 7.05 Å². The molecule has 302 valence electrons. The maximum Gasteiger partial charge on any atom is 0.291 e. The number of nitrogens with one attached hydrogen (secondary N) is 2. The molecule has 0 aliphatic heterocycles. The van der Waals surface area contributed by atoms with Crippen LogP contribution in [-0.2, 0) is 26.6 Å². The van der Waals surface area contributed by atoms with Gasteiger partial charge in [-0.05, 0) is 84.6 Å². The van der Waals surface area contributed by atoms with Crippen LogP contribution >= 0.6 is 0 Å². The van der Waals surface area contributed by atoms with E-state index >= 15 is 0 Å². The molecule has 0 fully saturated rings. The van der Waals surface area contributed by atoms with Gasteiger partial charge in [-0.25, -0.2) is 0 Å². The molecule has 2 N–H and O–H groups in total. The minimum atomic E-state index is -0.718. The van der Waals surface area contributed by atoms with Crippen molar-refractivity contribution >= 4 is 45.1 Å². The van der Waals surface area contributed by atoms with Crippen LogP contribution in [0.3, 0.4) is 0 Å². The number of fused-ring (bicyclic) bond motifs is 2. The smallest absolute Gasteiger partial charge is 0.291 e. The van der Waals surface area contributed by atoms with Gasteiger partial charge < -0.3 is 29.0 Å². The van der Waals surface area contributed by atoms with E-state index in [4.69, 9.17) is 18.4 Å². The number of amides is 2. The van der Waals surface area contributed by atoms with Crippen molar-refractivity contribution in [1.82, 2.24) is 24.8 Å². The number of aromatic nitrogens is 4. The molecular weight excluding hydrogens is 763 g/mol. The topological polar surface area (TPSA) is 167 Å².